The molecule has 0 atom stereocenters. The van der Waals surface area contributed by atoms with E-state index < -0.39 is 10.0 Å². The number of nitrogens with one attached hydrogen (secondary N) is 1. The quantitative estimate of drug-likeness (QED) is 0.432. The van der Waals surface area contributed by atoms with E-state index in [1.807, 2.05) is 51.1 Å². The largest absolute Gasteiger partial charge is 0.497 e. The van der Waals surface area contributed by atoms with Crippen molar-refractivity contribution in [3.05, 3.63) is 89.0 Å². The molecule has 0 spiro atoms. The summed E-state index contributed by atoms with van der Waals surface area (Å²) in [5, 5.41) is 2.86. The number of ether oxygens (including phenoxy) is 1. The van der Waals surface area contributed by atoms with Gasteiger partial charge in [0.1, 0.15) is 12.3 Å². The highest BCUT2D eigenvalue weighted by Crippen LogP contribution is 2.26. The van der Waals surface area contributed by atoms with Gasteiger partial charge in [-0.25, -0.2) is 8.42 Å². The molecule has 180 valence electrons. The average molecular weight is 481 g/mol. The lowest BCUT2D eigenvalue weighted by Crippen LogP contribution is -2.41. The number of methoxy groups -OCH3 is 1. The third-order valence-corrected chi connectivity index (χ3v) is 7.56. The summed E-state index contributed by atoms with van der Waals surface area (Å²) in [7, 11) is -2.29. The van der Waals surface area contributed by atoms with E-state index in [0.717, 1.165) is 40.8 Å². The summed E-state index contributed by atoms with van der Waals surface area (Å²) in [5.41, 5.74) is 4.56. The third kappa shape index (κ3) is 6.38. The molecule has 1 N–H and O–H groups in total. The number of aryl methyl sites for hydroxylation is 4. The number of carbonyl (C=O) groups is 1. The summed E-state index contributed by atoms with van der Waals surface area (Å²) in [4.78, 5) is 12.9. The third-order valence-electron chi connectivity index (χ3n) is 5.77. The van der Waals surface area contributed by atoms with Crippen molar-refractivity contribution in [1.82, 2.24) is 5.32 Å². The fourth-order valence-electron chi connectivity index (χ4n) is 3.57. The first-order chi connectivity index (χ1) is 16.2. The first-order valence-corrected chi connectivity index (χ1v) is 12.7. The highest BCUT2D eigenvalue weighted by Gasteiger charge is 2.27. The molecule has 0 fully saturated rings. The maximum atomic E-state index is 13.5. The van der Waals surface area contributed by atoms with Crippen LogP contribution in [0.2, 0.25) is 0 Å². The monoisotopic (exact) mass is 480 g/mol. The van der Waals surface area contributed by atoms with Crippen LogP contribution in [-0.2, 0) is 21.2 Å². The van der Waals surface area contributed by atoms with Gasteiger partial charge < -0.3 is 10.1 Å². The Morgan fingerprint density at radius 3 is 2.35 bits per heavy atom. The average Bonchev–Trinajstić information content (AvgIpc) is 2.82. The minimum atomic E-state index is -3.92. The number of sulfonamides is 1. The fraction of sp³-hybridized carbons (Fsp3) is 0.296. The summed E-state index contributed by atoms with van der Waals surface area (Å²) in [6, 6.07) is 19.9. The lowest BCUT2D eigenvalue weighted by atomic mass is 10.1. The number of carbonyl (C=O) groups excluding carboxylic acids is 1. The molecule has 0 bridgehead atoms. The molecule has 0 aromatic heterocycles. The van der Waals surface area contributed by atoms with E-state index in [2.05, 4.69) is 5.32 Å². The number of rotatable bonds is 10. The molecule has 3 rings (SSSR count). The van der Waals surface area contributed by atoms with Crippen LogP contribution in [0, 0.1) is 20.8 Å². The van der Waals surface area contributed by atoms with Gasteiger partial charge in [0.15, 0.2) is 0 Å². The van der Waals surface area contributed by atoms with Crippen molar-refractivity contribution in [1.29, 1.82) is 0 Å². The van der Waals surface area contributed by atoms with E-state index >= 15 is 0 Å². The first-order valence-electron chi connectivity index (χ1n) is 11.3. The van der Waals surface area contributed by atoms with Gasteiger partial charge in [-0.3, -0.25) is 9.10 Å². The second-order valence-electron chi connectivity index (χ2n) is 8.40. The van der Waals surface area contributed by atoms with Gasteiger partial charge in [0.25, 0.3) is 10.0 Å². The lowest BCUT2D eigenvalue weighted by Gasteiger charge is -2.25. The van der Waals surface area contributed by atoms with Gasteiger partial charge in [-0.1, -0.05) is 35.9 Å². The minimum Gasteiger partial charge on any atom is -0.497 e. The Kier molecular flexibility index (Phi) is 8.34. The van der Waals surface area contributed by atoms with Gasteiger partial charge >= 0.3 is 0 Å². The van der Waals surface area contributed by atoms with Gasteiger partial charge in [0.05, 0.1) is 17.7 Å². The highest BCUT2D eigenvalue weighted by molar-refractivity contribution is 7.92. The molecular formula is C27H32N2O4S. The van der Waals surface area contributed by atoms with Crippen molar-refractivity contribution < 1.29 is 17.9 Å². The zero-order valence-electron chi connectivity index (χ0n) is 20.2. The van der Waals surface area contributed by atoms with Gasteiger partial charge in [0, 0.05) is 6.54 Å². The Labute approximate surface area is 202 Å². The molecular weight excluding hydrogens is 448 g/mol. The number of benzene rings is 3. The van der Waals surface area contributed by atoms with Crippen LogP contribution in [0.5, 0.6) is 5.75 Å². The van der Waals surface area contributed by atoms with Crippen molar-refractivity contribution in [3.63, 3.8) is 0 Å². The SMILES string of the molecule is COc1cccc(CCCNC(=O)CN(c2ccc(C)c(C)c2)S(=O)(=O)c2ccc(C)cc2)c1. The Morgan fingerprint density at radius 1 is 0.941 bits per heavy atom. The van der Waals surface area contributed by atoms with E-state index in [9.17, 15) is 13.2 Å². The van der Waals surface area contributed by atoms with Gasteiger partial charge in [-0.2, -0.15) is 0 Å². The number of amides is 1. The van der Waals surface area contributed by atoms with Crippen molar-refractivity contribution in [2.45, 2.75) is 38.5 Å². The van der Waals surface area contributed by atoms with Crippen molar-refractivity contribution >= 4 is 21.6 Å². The maximum absolute atomic E-state index is 13.5. The van der Waals surface area contributed by atoms with E-state index in [0.29, 0.717) is 12.2 Å². The van der Waals surface area contributed by atoms with Gasteiger partial charge in [-0.15, -0.1) is 0 Å². The van der Waals surface area contributed by atoms with Crippen molar-refractivity contribution in [2.75, 3.05) is 24.5 Å². The Balaban J connectivity index is 1.72. The van der Waals surface area contributed by atoms with Crippen LogP contribution >= 0.6 is 0 Å². The zero-order valence-corrected chi connectivity index (χ0v) is 21.0. The number of anilines is 1. The molecule has 0 saturated carbocycles. The molecule has 0 aliphatic rings. The van der Waals surface area contributed by atoms with E-state index in [1.165, 1.54) is 4.31 Å². The molecule has 0 unspecified atom stereocenters. The van der Waals surface area contributed by atoms with Crippen molar-refractivity contribution in [3.8, 4) is 5.75 Å². The van der Waals surface area contributed by atoms with E-state index in [-0.39, 0.29) is 17.3 Å². The molecule has 0 heterocycles. The molecule has 6 nitrogen and oxygen atoms in total. The molecule has 0 aliphatic carbocycles. The van der Waals surface area contributed by atoms with Crippen LogP contribution < -0.4 is 14.4 Å². The topological polar surface area (TPSA) is 75.7 Å². The number of hydrogen-bond donors (Lipinski definition) is 1. The highest BCUT2D eigenvalue weighted by atomic mass is 32.2. The molecule has 34 heavy (non-hydrogen) atoms. The van der Waals surface area contributed by atoms with Crippen LogP contribution in [0.25, 0.3) is 0 Å². The number of nitrogens with zero attached hydrogens (tertiary/aromatic N) is 1. The minimum absolute atomic E-state index is 0.155. The lowest BCUT2D eigenvalue weighted by molar-refractivity contribution is -0.119. The van der Waals surface area contributed by atoms with E-state index in [4.69, 9.17) is 4.74 Å². The summed E-state index contributed by atoms with van der Waals surface area (Å²) in [5.74, 6) is 0.450. The predicted octanol–water partition coefficient (Wildman–Crippen LogP) is 4.56. The van der Waals surface area contributed by atoms with Crippen LogP contribution in [0.3, 0.4) is 0 Å². The molecule has 3 aromatic rings. The smallest absolute Gasteiger partial charge is 0.264 e. The zero-order chi connectivity index (χ0) is 24.7. The molecule has 0 aliphatic heterocycles. The second-order valence-corrected chi connectivity index (χ2v) is 10.3. The van der Waals surface area contributed by atoms with Crippen LogP contribution in [0.1, 0.15) is 28.7 Å². The normalized spacial score (nSPS) is 11.2. The van der Waals surface area contributed by atoms with Crippen LogP contribution in [0.15, 0.2) is 71.6 Å². The van der Waals surface area contributed by atoms with Gasteiger partial charge in [-0.05, 0) is 86.7 Å². The molecule has 7 heteroatoms. The van der Waals surface area contributed by atoms with Crippen LogP contribution in [0.4, 0.5) is 5.69 Å². The van der Waals surface area contributed by atoms with Gasteiger partial charge in [0.2, 0.25) is 5.91 Å². The summed E-state index contributed by atoms with van der Waals surface area (Å²) >= 11 is 0. The number of hydrogen-bond acceptors (Lipinski definition) is 4. The van der Waals surface area contributed by atoms with E-state index in [1.54, 1.807) is 43.5 Å². The summed E-state index contributed by atoms with van der Waals surface area (Å²) in [6.07, 6.45) is 1.51. The standard InChI is InChI=1S/C27H32N2O4S/c1-20-10-14-26(15-11-20)34(31,32)29(24-13-12-21(2)22(3)17-24)19-27(30)28-16-6-8-23-7-5-9-25(18-23)33-4/h5,7,9-15,17-18H,6,8,16,19H2,1-4H3,(H,28,30). The Morgan fingerprint density at radius 2 is 1.68 bits per heavy atom. The maximum Gasteiger partial charge on any atom is 0.264 e. The second kappa shape index (κ2) is 11.2. The van der Waals surface area contributed by atoms with Crippen LogP contribution in [-0.4, -0.2) is 34.5 Å². The summed E-state index contributed by atoms with van der Waals surface area (Å²) < 4.78 is 33.4. The fourth-order valence-corrected chi connectivity index (χ4v) is 4.98. The van der Waals surface area contributed by atoms with Crippen molar-refractivity contribution in [2.24, 2.45) is 0 Å². The molecule has 1 amide bonds. The molecule has 0 radical (unpaired) electrons. The summed E-state index contributed by atoms with van der Waals surface area (Å²) in [6.45, 7) is 5.94. The molecule has 0 saturated heterocycles. The Bertz CT molecular complexity index is 1240. The predicted molar refractivity (Wildman–Crippen MR) is 136 cm³/mol. The molecule has 3 aromatic carbocycles. The first kappa shape index (κ1) is 25.3. The Hall–Kier alpha value is -3.32.